The smallest absolute Gasteiger partial charge is 0.242 e. The molecule has 126 valence electrons. The fraction of sp³-hybridized carbons (Fsp3) is 0.471. The molecule has 0 aliphatic carbocycles. The lowest BCUT2D eigenvalue weighted by molar-refractivity contribution is -0.129. The summed E-state index contributed by atoms with van der Waals surface area (Å²) in [5, 5.41) is 8.15. The SMILES string of the molecule is CCCNC(=O)[C@H](C)NC(=O)C[C@H](NC(C)=O)c1ccccc1. The van der Waals surface area contributed by atoms with Crippen LogP contribution >= 0.6 is 0 Å². The molecule has 1 aromatic carbocycles. The molecule has 0 heterocycles. The lowest BCUT2D eigenvalue weighted by atomic mass is 10.0. The van der Waals surface area contributed by atoms with E-state index in [1.54, 1.807) is 6.92 Å². The maximum Gasteiger partial charge on any atom is 0.242 e. The predicted molar refractivity (Wildman–Crippen MR) is 88.5 cm³/mol. The molecule has 0 aliphatic rings. The van der Waals surface area contributed by atoms with E-state index < -0.39 is 12.1 Å². The second kappa shape index (κ2) is 9.61. The van der Waals surface area contributed by atoms with Crippen LogP contribution in [0, 0.1) is 0 Å². The van der Waals surface area contributed by atoms with Gasteiger partial charge in [0.05, 0.1) is 12.5 Å². The van der Waals surface area contributed by atoms with Crippen LogP contribution in [0.15, 0.2) is 30.3 Å². The van der Waals surface area contributed by atoms with Crippen molar-refractivity contribution in [2.45, 2.75) is 45.7 Å². The Kier molecular flexibility index (Phi) is 7.80. The van der Waals surface area contributed by atoms with Gasteiger partial charge in [-0.1, -0.05) is 37.3 Å². The fourth-order valence-corrected chi connectivity index (χ4v) is 2.14. The van der Waals surface area contributed by atoms with Crippen molar-refractivity contribution in [3.8, 4) is 0 Å². The van der Waals surface area contributed by atoms with E-state index in [9.17, 15) is 14.4 Å². The average molecular weight is 319 g/mol. The number of hydrogen-bond acceptors (Lipinski definition) is 3. The van der Waals surface area contributed by atoms with Crippen LogP contribution in [0.2, 0.25) is 0 Å². The average Bonchev–Trinajstić information content (AvgIpc) is 2.52. The Labute approximate surface area is 137 Å². The molecule has 1 aromatic rings. The zero-order valence-corrected chi connectivity index (χ0v) is 13.9. The van der Waals surface area contributed by atoms with Gasteiger partial charge in [-0.05, 0) is 18.9 Å². The van der Waals surface area contributed by atoms with Crippen molar-refractivity contribution < 1.29 is 14.4 Å². The van der Waals surface area contributed by atoms with Crippen LogP contribution in [0.3, 0.4) is 0 Å². The Morgan fingerprint density at radius 3 is 2.30 bits per heavy atom. The molecule has 1 rings (SSSR count). The van der Waals surface area contributed by atoms with Crippen LogP contribution in [0.25, 0.3) is 0 Å². The molecule has 0 fully saturated rings. The summed E-state index contributed by atoms with van der Waals surface area (Å²) < 4.78 is 0. The molecule has 0 aromatic heterocycles. The molecule has 3 N–H and O–H groups in total. The minimum atomic E-state index is -0.609. The standard InChI is InChI=1S/C17H25N3O3/c1-4-10-18-17(23)12(2)19-16(22)11-15(20-13(3)21)14-8-6-5-7-9-14/h5-9,12,15H,4,10-11H2,1-3H3,(H,18,23)(H,19,22)(H,20,21)/t12-,15-/m0/s1. The zero-order chi connectivity index (χ0) is 17.2. The summed E-state index contributed by atoms with van der Waals surface area (Å²) in [7, 11) is 0. The molecule has 6 nitrogen and oxygen atoms in total. The molecule has 0 saturated carbocycles. The summed E-state index contributed by atoms with van der Waals surface area (Å²) in [6.07, 6.45) is 0.917. The van der Waals surface area contributed by atoms with Gasteiger partial charge in [-0.25, -0.2) is 0 Å². The Morgan fingerprint density at radius 2 is 1.74 bits per heavy atom. The van der Waals surface area contributed by atoms with Crippen molar-refractivity contribution in [3.05, 3.63) is 35.9 Å². The van der Waals surface area contributed by atoms with Crippen LogP contribution in [0.1, 0.15) is 45.2 Å². The van der Waals surface area contributed by atoms with Gasteiger partial charge in [-0.3, -0.25) is 14.4 Å². The molecule has 0 saturated heterocycles. The van der Waals surface area contributed by atoms with Crippen molar-refractivity contribution in [2.24, 2.45) is 0 Å². The number of amides is 3. The van der Waals surface area contributed by atoms with E-state index in [1.807, 2.05) is 37.3 Å². The van der Waals surface area contributed by atoms with E-state index in [0.717, 1.165) is 12.0 Å². The first-order valence-corrected chi connectivity index (χ1v) is 7.83. The fourth-order valence-electron chi connectivity index (χ4n) is 2.14. The summed E-state index contributed by atoms with van der Waals surface area (Å²) >= 11 is 0. The molecular formula is C17H25N3O3. The molecule has 6 heteroatoms. The maximum atomic E-state index is 12.2. The third kappa shape index (κ3) is 6.95. The van der Waals surface area contributed by atoms with Gasteiger partial charge in [-0.15, -0.1) is 0 Å². The van der Waals surface area contributed by atoms with E-state index in [4.69, 9.17) is 0 Å². The number of benzene rings is 1. The third-order valence-electron chi connectivity index (χ3n) is 3.29. The summed E-state index contributed by atoms with van der Waals surface area (Å²) in [4.78, 5) is 35.3. The highest BCUT2D eigenvalue weighted by atomic mass is 16.2. The highest BCUT2D eigenvalue weighted by molar-refractivity contribution is 5.87. The van der Waals surface area contributed by atoms with Crippen molar-refractivity contribution in [1.29, 1.82) is 0 Å². The minimum absolute atomic E-state index is 0.0784. The Hall–Kier alpha value is -2.37. The van der Waals surface area contributed by atoms with Gasteiger partial charge in [-0.2, -0.15) is 0 Å². The van der Waals surface area contributed by atoms with Crippen molar-refractivity contribution in [3.63, 3.8) is 0 Å². The van der Waals surface area contributed by atoms with Crippen LogP contribution < -0.4 is 16.0 Å². The largest absolute Gasteiger partial charge is 0.354 e. The zero-order valence-electron chi connectivity index (χ0n) is 13.9. The molecule has 2 atom stereocenters. The van der Waals surface area contributed by atoms with Crippen molar-refractivity contribution >= 4 is 17.7 Å². The predicted octanol–water partition coefficient (Wildman–Crippen LogP) is 1.28. The maximum absolute atomic E-state index is 12.2. The highest BCUT2D eigenvalue weighted by Gasteiger charge is 2.20. The summed E-state index contributed by atoms with van der Waals surface area (Å²) in [5.74, 6) is -0.705. The van der Waals surface area contributed by atoms with Crippen molar-refractivity contribution in [2.75, 3.05) is 6.54 Å². The Balaban J connectivity index is 2.63. The number of carbonyl (C=O) groups excluding carboxylic acids is 3. The van der Waals surface area contributed by atoms with E-state index in [0.29, 0.717) is 6.54 Å². The second-order valence-electron chi connectivity index (χ2n) is 5.45. The van der Waals surface area contributed by atoms with Gasteiger partial charge in [0, 0.05) is 13.5 Å². The Morgan fingerprint density at radius 1 is 1.09 bits per heavy atom. The lowest BCUT2D eigenvalue weighted by Gasteiger charge is -2.20. The summed E-state index contributed by atoms with van der Waals surface area (Å²) in [6.45, 7) is 5.59. The van der Waals surface area contributed by atoms with E-state index in [1.165, 1.54) is 6.92 Å². The van der Waals surface area contributed by atoms with Crippen LogP contribution in [0.4, 0.5) is 0 Å². The molecule has 0 unspecified atom stereocenters. The molecule has 23 heavy (non-hydrogen) atoms. The van der Waals surface area contributed by atoms with Gasteiger partial charge in [0.25, 0.3) is 0 Å². The molecular weight excluding hydrogens is 294 g/mol. The first-order chi connectivity index (χ1) is 10.9. The van der Waals surface area contributed by atoms with E-state index >= 15 is 0 Å². The number of nitrogens with one attached hydrogen (secondary N) is 3. The highest BCUT2D eigenvalue weighted by Crippen LogP contribution is 2.16. The van der Waals surface area contributed by atoms with Gasteiger partial charge >= 0.3 is 0 Å². The van der Waals surface area contributed by atoms with Crippen molar-refractivity contribution in [1.82, 2.24) is 16.0 Å². The lowest BCUT2D eigenvalue weighted by Crippen LogP contribution is -2.45. The number of carbonyl (C=O) groups is 3. The molecule has 3 amide bonds. The van der Waals surface area contributed by atoms with Crippen LogP contribution in [-0.4, -0.2) is 30.3 Å². The number of hydrogen-bond donors (Lipinski definition) is 3. The van der Waals surface area contributed by atoms with Gasteiger partial charge in [0.1, 0.15) is 6.04 Å². The number of rotatable bonds is 8. The van der Waals surface area contributed by atoms with E-state index in [2.05, 4.69) is 16.0 Å². The summed E-state index contributed by atoms with van der Waals surface area (Å²) in [6, 6.07) is 8.25. The first kappa shape index (κ1) is 18.7. The van der Waals surface area contributed by atoms with Crippen LogP contribution in [-0.2, 0) is 14.4 Å². The summed E-state index contributed by atoms with van der Waals surface area (Å²) in [5.41, 5.74) is 0.848. The molecule has 0 radical (unpaired) electrons. The Bertz CT molecular complexity index is 531. The topological polar surface area (TPSA) is 87.3 Å². The molecule has 0 bridgehead atoms. The van der Waals surface area contributed by atoms with Crippen LogP contribution in [0.5, 0.6) is 0 Å². The molecule has 0 aliphatic heterocycles. The first-order valence-electron chi connectivity index (χ1n) is 7.83. The van der Waals surface area contributed by atoms with Gasteiger partial charge in [0.2, 0.25) is 17.7 Å². The normalized spacial score (nSPS) is 12.8. The second-order valence-corrected chi connectivity index (χ2v) is 5.45. The molecule has 0 spiro atoms. The minimum Gasteiger partial charge on any atom is -0.354 e. The monoisotopic (exact) mass is 319 g/mol. The third-order valence-corrected chi connectivity index (χ3v) is 3.29. The van der Waals surface area contributed by atoms with Gasteiger partial charge < -0.3 is 16.0 Å². The van der Waals surface area contributed by atoms with Gasteiger partial charge in [0.15, 0.2) is 0 Å². The quantitative estimate of drug-likeness (QED) is 0.674. The van der Waals surface area contributed by atoms with E-state index in [-0.39, 0.29) is 24.1 Å².